The van der Waals surface area contributed by atoms with Crippen LogP contribution in [0.5, 0.6) is 0 Å². The first-order valence-electron chi connectivity index (χ1n) is 6.14. The Balaban J connectivity index is 2.52. The Kier molecular flexibility index (Phi) is 4.90. The fourth-order valence-electron chi connectivity index (χ4n) is 2.63. The number of hydrogen-bond donors (Lipinski definition) is 1. The first-order valence-corrected chi connectivity index (χ1v) is 6.14. The standard InChI is InChI=1S/C12H26N2/c1-4-12(7-8-13)14-9-10(2)5-6-11(14)3/h10-12H,4-9,13H2,1-3H3. The Labute approximate surface area is 88.8 Å². The summed E-state index contributed by atoms with van der Waals surface area (Å²) >= 11 is 0. The third-order valence-corrected chi connectivity index (χ3v) is 3.61. The highest BCUT2D eigenvalue weighted by molar-refractivity contribution is 4.82. The zero-order valence-electron chi connectivity index (χ0n) is 10.00. The van der Waals surface area contributed by atoms with E-state index in [1.165, 1.54) is 25.8 Å². The number of hydrogen-bond acceptors (Lipinski definition) is 2. The van der Waals surface area contributed by atoms with Gasteiger partial charge in [0.2, 0.25) is 0 Å². The van der Waals surface area contributed by atoms with Crippen molar-refractivity contribution in [2.24, 2.45) is 11.7 Å². The van der Waals surface area contributed by atoms with Crippen molar-refractivity contribution < 1.29 is 0 Å². The van der Waals surface area contributed by atoms with Crippen LogP contribution in [0.25, 0.3) is 0 Å². The summed E-state index contributed by atoms with van der Waals surface area (Å²) in [6, 6.07) is 1.49. The minimum absolute atomic E-state index is 0.720. The molecule has 1 aliphatic heterocycles. The molecule has 0 aliphatic carbocycles. The molecule has 0 bridgehead atoms. The van der Waals surface area contributed by atoms with Crippen LogP contribution in [0.1, 0.15) is 46.5 Å². The number of rotatable bonds is 4. The lowest BCUT2D eigenvalue weighted by atomic mass is 9.92. The van der Waals surface area contributed by atoms with Crippen molar-refractivity contribution in [3.63, 3.8) is 0 Å². The summed E-state index contributed by atoms with van der Waals surface area (Å²) in [5, 5.41) is 0. The zero-order chi connectivity index (χ0) is 10.6. The van der Waals surface area contributed by atoms with Crippen molar-refractivity contribution in [2.45, 2.75) is 58.5 Å². The second kappa shape index (κ2) is 5.72. The highest BCUT2D eigenvalue weighted by Gasteiger charge is 2.27. The van der Waals surface area contributed by atoms with Crippen LogP contribution >= 0.6 is 0 Å². The molecular weight excluding hydrogens is 172 g/mol. The predicted octanol–water partition coefficient (Wildman–Crippen LogP) is 2.23. The van der Waals surface area contributed by atoms with Gasteiger partial charge in [0.05, 0.1) is 0 Å². The molecule has 2 nitrogen and oxygen atoms in total. The molecule has 0 aromatic carbocycles. The number of nitrogens with zero attached hydrogens (tertiary/aromatic N) is 1. The van der Waals surface area contributed by atoms with Crippen molar-refractivity contribution in [3.05, 3.63) is 0 Å². The maximum absolute atomic E-state index is 5.67. The predicted molar refractivity (Wildman–Crippen MR) is 62.3 cm³/mol. The molecule has 2 N–H and O–H groups in total. The molecular formula is C12H26N2. The average Bonchev–Trinajstić information content (AvgIpc) is 2.18. The molecule has 0 aromatic rings. The first kappa shape index (κ1) is 12.0. The first-order chi connectivity index (χ1) is 6.69. The van der Waals surface area contributed by atoms with E-state index in [1.807, 2.05) is 0 Å². The summed E-state index contributed by atoms with van der Waals surface area (Å²) < 4.78 is 0. The summed E-state index contributed by atoms with van der Waals surface area (Å²) in [6.45, 7) is 9.13. The van der Waals surface area contributed by atoms with Gasteiger partial charge in [0.15, 0.2) is 0 Å². The van der Waals surface area contributed by atoms with Crippen LogP contribution in [0.3, 0.4) is 0 Å². The number of piperidine rings is 1. The lowest BCUT2D eigenvalue weighted by molar-refractivity contribution is 0.0714. The Morgan fingerprint density at radius 3 is 2.64 bits per heavy atom. The second-order valence-electron chi connectivity index (χ2n) is 4.87. The molecule has 2 heteroatoms. The molecule has 14 heavy (non-hydrogen) atoms. The van der Waals surface area contributed by atoms with Gasteiger partial charge in [0.1, 0.15) is 0 Å². The van der Waals surface area contributed by atoms with Crippen molar-refractivity contribution in [1.82, 2.24) is 4.90 Å². The van der Waals surface area contributed by atoms with Gasteiger partial charge in [-0.2, -0.15) is 0 Å². The van der Waals surface area contributed by atoms with E-state index in [0.29, 0.717) is 0 Å². The third-order valence-electron chi connectivity index (χ3n) is 3.61. The molecule has 1 fully saturated rings. The van der Waals surface area contributed by atoms with Gasteiger partial charge < -0.3 is 5.73 Å². The maximum Gasteiger partial charge on any atom is 0.0108 e. The minimum Gasteiger partial charge on any atom is -0.330 e. The normalized spacial score (nSPS) is 31.7. The van der Waals surface area contributed by atoms with Crippen molar-refractivity contribution in [3.8, 4) is 0 Å². The maximum atomic E-state index is 5.67. The van der Waals surface area contributed by atoms with E-state index in [4.69, 9.17) is 5.73 Å². The molecule has 1 rings (SSSR count). The molecule has 1 heterocycles. The largest absolute Gasteiger partial charge is 0.330 e. The van der Waals surface area contributed by atoms with Crippen molar-refractivity contribution in [2.75, 3.05) is 13.1 Å². The molecule has 1 saturated heterocycles. The monoisotopic (exact) mass is 198 g/mol. The van der Waals surface area contributed by atoms with E-state index in [-0.39, 0.29) is 0 Å². The quantitative estimate of drug-likeness (QED) is 0.750. The van der Waals surface area contributed by atoms with Gasteiger partial charge in [-0.1, -0.05) is 13.8 Å². The summed E-state index contributed by atoms with van der Waals surface area (Å²) in [7, 11) is 0. The Hall–Kier alpha value is -0.0800. The van der Waals surface area contributed by atoms with Crippen LogP contribution in [0.4, 0.5) is 0 Å². The van der Waals surface area contributed by atoms with Crippen LogP contribution in [-0.4, -0.2) is 30.1 Å². The number of likely N-dealkylation sites (tertiary alicyclic amines) is 1. The smallest absolute Gasteiger partial charge is 0.0108 e. The third kappa shape index (κ3) is 2.96. The summed E-state index contributed by atoms with van der Waals surface area (Å²) in [5.41, 5.74) is 5.67. The van der Waals surface area contributed by atoms with Gasteiger partial charge in [-0.3, -0.25) is 4.90 Å². The number of nitrogens with two attached hydrogens (primary N) is 1. The van der Waals surface area contributed by atoms with Gasteiger partial charge in [-0.05, 0) is 45.1 Å². The lowest BCUT2D eigenvalue weighted by Gasteiger charge is -2.42. The van der Waals surface area contributed by atoms with Crippen LogP contribution in [-0.2, 0) is 0 Å². The van der Waals surface area contributed by atoms with Gasteiger partial charge in [-0.25, -0.2) is 0 Å². The average molecular weight is 198 g/mol. The fourth-order valence-corrected chi connectivity index (χ4v) is 2.63. The van der Waals surface area contributed by atoms with Crippen molar-refractivity contribution in [1.29, 1.82) is 0 Å². The van der Waals surface area contributed by atoms with Crippen LogP contribution < -0.4 is 5.73 Å². The van der Waals surface area contributed by atoms with E-state index >= 15 is 0 Å². The van der Waals surface area contributed by atoms with E-state index in [0.717, 1.165) is 31.0 Å². The SMILES string of the molecule is CCC(CCN)N1CC(C)CCC1C. The van der Waals surface area contributed by atoms with Gasteiger partial charge in [0, 0.05) is 18.6 Å². The van der Waals surface area contributed by atoms with Crippen LogP contribution in [0.15, 0.2) is 0 Å². The van der Waals surface area contributed by atoms with Crippen LogP contribution in [0.2, 0.25) is 0 Å². The van der Waals surface area contributed by atoms with Crippen molar-refractivity contribution >= 4 is 0 Å². The Bertz CT molecular complexity index is 158. The van der Waals surface area contributed by atoms with Gasteiger partial charge >= 0.3 is 0 Å². The highest BCUT2D eigenvalue weighted by atomic mass is 15.2. The summed E-state index contributed by atoms with van der Waals surface area (Å²) in [5.74, 6) is 0.873. The molecule has 0 amide bonds. The minimum atomic E-state index is 0.720. The molecule has 3 atom stereocenters. The lowest BCUT2D eigenvalue weighted by Crippen LogP contribution is -2.47. The Morgan fingerprint density at radius 1 is 1.36 bits per heavy atom. The van der Waals surface area contributed by atoms with E-state index in [2.05, 4.69) is 25.7 Å². The molecule has 3 unspecified atom stereocenters. The van der Waals surface area contributed by atoms with E-state index in [9.17, 15) is 0 Å². The summed E-state index contributed by atoms with van der Waals surface area (Å²) in [4.78, 5) is 2.68. The second-order valence-corrected chi connectivity index (χ2v) is 4.87. The molecule has 84 valence electrons. The van der Waals surface area contributed by atoms with E-state index in [1.54, 1.807) is 0 Å². The zero-order valence-corrected chi connectivity index (χ0v) is 10.00. The molecule has 0 aromatic heterocycles. The molecule has 0 saturated carbocycles. The van der Waals surface area contributed by atoms with Gasteiger partial charge in [-0.15, -0.1) is 0 Å². The van der Waals surface area contributed by atoms with Gasteiger partial charge in [0.25, 0.3) is 0 Å². The molecule has 0 radical (unpaired) electrons. The highest BCUT2D eigenvalue weighted by Crippen LogP contribution is 2.25. The fraction of sp³-hybridized carbons (Fsp3) is 1.00. The van der Waals surface area contributed by atoms with E-state index < -0.39 is 0 Å². The molecule has 0 spiro atoms. The van der Waals surface area contributed by atoms with Crippen LogP contribution in [0, 0.1) is 5.92 Å². The Morgan fingerprint density at radius 2 is 2.07 bits per heavy atom. The summed E-state index contributed by atoms with van der Waals surface area (Å²) in [6.07, 6.45) is 5.17. The topological polar surface area (TPSA) is 29.3 Å². The molecule has 1 aliphatic rings.